The van der Waals surface area contributed by atoms with Gasteiger partial charge in [-0.15, -0.1) is 0 Å². The molecular weight excluding hydrogens is 327 g/mol. The number of aromatic amines is 1. The predicted molar refractivity (Wildman–Crippen MR) is 78.4 cm³/mol. The molecule has 0 unspecified atom stereocenters. The predicted octanol–water partition coefficient (Wildman–Crippen LogP) is 1.67. The van der Waals surface area contributed by atoms with Gasteiger partial charge in [0.2, 0.25) is 0 Å². The van der Waals surface area contributed by atoms with E-state index in [1.54, 1.807) is 29.6 Å². The van der Waals surface area contributed by atoms with E-state index < -0.39 is 23.6 Å². The monoisotopic (exact) mass is 337 g/mol. The van der Waals surface area contributed by atoms with Gasteiger partial charge in [0.1, 0.15) is 11.8 Å². The van der Waals surface area contributed by atoms with E-state index in [1.165, 1.54) is 4.57 Å². The summed E-state index contributed by atoms with van der Waals surface area (Å²) in [4.78, 5) is 33.0. The molecule has 24 heavy (non-hydrogen) atoms. The normalized spacial score (nSPS) is 11.6. The van der Waals surface area contributed by atoms with Crippen molar-refractivity contribution in [3.63, 3.8) is 0 Å². The highest BCUT2D eigenvalue weighted by atomic mass is 19.4. The number of fused-ring (bicyclic) bond motifs is 1. The van der Waals surface area contributed by atoms with Gasteiger partial charge >= 0.3 is 17.8 Å². The van der Waals surface area contributed by atoms with Crippen molar-refractivity contribution < 1.29 is 18.0 Å². The van der Waals surface area contributed by atoms with Crippen molar-refractivity contribution in [1.82, 2.24) is 19.5 Å². The van der Waals surface area contributed by atoms with Crippen molar-refractivity contribution in [2.45, 2.75) is 12.7 Å². The van der Waals surface area contributed by atoms with Gasteiger partial charge in [0.15, 0.2) is 11.5 Å². The molecule has 3 aromatic rings. The second-order valence-electron chi connectivity index (χ2n) is 4.87. The molecule has 0 aliphatic rings. The molecule has 0 aliphatic heterocycles. The fourth-order valence-electron chi connectivity index (χ4n) is 2.15. The third kappa shape index (κ3) is 2.98. The van der Waals surface area contributed by atoms with Crippen LogP contribution in [0.4, 0.5) is 19.0 Å². The fourth-order valence-corrected chi connectivity index (χ4v) is 2.15. The minimum Gasteiger partial charge on any atom is -0.301 e. The van der Waals surface area contributed by atoms with E-state index in [9.17, 15) is 22.8 Å². The van der Waals surface area contributed by atoms with Crippen molar-refractivity contribution in [1.29, 1.82) is 0 Å². The molecule has 1 aromatic carbocycles. The van der Waals surface area contributed by atoms with Gasteiger partial charge in [-0.3, -0.25) is 9.36 Å². The Kier molecular flexibility index (Phi) is 3.80. The summed E-state index contributed by atoms with van der Waals surface area (Å²) < 4.78 is 38.4. The highest BCUT2D eigenvalue weighted by molar-refractivity contribution is 5.99. The number of nitrogens with one attached hydrogen (secondary N) is 2. The highest BCUT2D eigenvalue weighted by Crippen LogP contribution is 2.21. The third-order valence-corrected chi connectivity index (χ3v) is 3.23. The van der Waals surface area contributed by atoms with E-state index in [-0.39, 0.29) is 17.7 Å². The van der Waals surface area contributed by atoms with Crippen LogP contribution in [0.25, 0.3) is 11.2 Å². The van der Waals surface area contributed by atoms with E-state index >= 15 is 0 Å². The van der Waals surface area contributed by atoms with Gasteiger partial charge in [0, 0.05) is 0 Å². The number of H-pyrrole nitrogens is 1. The van der Waals surface area contributed by atoms with Crippen LogP contribution in [0.15, 0.2) is 41.5 Å². The number of carbonyl (C=O) groups excluding carboxylic acids is 1. The van der Waals surface area contributed by atoms with Crippen molar-refractivity contribution in [2.24, 2.45) is 0 Å². The van der Waals surface area contributed by atoms with E-state index in [0.29, 0.717) is 0 Å². The summed E-state index contributed by atoms with van der Waals surface area (Å²) in [5.74, 6) is -2.59. The minimum absolute atomic E-state index is 0.0731. The van der Waals surface area contributed by atoms with E-state index in [0.717, 1.165) is 11.9 Å². The van der Waals surface area contributed by atoms with Gasteiger partial charge < -0.3 is 10.3 Å². The number of imidazole rings is 1. The number of carbonyl (C=O) groups is 1. The minimum atomic E-state index is -5.07. The van der Waals surface area contributed by atoms with Gasteiger partial charge in [0.05, 0.1) is 6.54 Å². The van der Waals surface area contributed by atoms with Crippen LogP contribution in [0.2, 0.25) is 0 Å². The molecule has 2 aromatic heterocycles. The Morgan fingerprint density at radius 1 is 1.21 bits per heavy atom. The number of alkyl halides is 3. The molecule has 0 radical (unpaired) electrons. The zero-order chi connectivity index (χ0) is 17.3. The molecule has 0 spiro atoms. The lowest BCUT2D eigenvalue weighted by Gasteiger charge is -2.07. The van der Waals surface area contributed by atoms with Crippen LogP contribution < -0.4 is 11.0 Å². The lowest BCUT2D eigenvalue weighted by atomic mass is 10.2. The summed E-state index contributed by atoms with van der Waals surface area (Å²) in [7, 11) is 0. The SMILES string of the molecule is O=C(Nc1ncnc2c1[nH]c(=O)n2Cc1ccccc1)C(F)(F)F. The summed E-state index contributed by atoms with van der Waals surface area (Å²) in [6.45, 7) is 0.170. The quantitative estimate of drug-likeness (QED) is 0.760. The molecular formula is C14H10F3N5O2. The van der Waals surface area contributed by atoms with Crippen molar-refractivity contribution in [3.8, 4) is 0 Å². The molecule has 3 rings (SSSR count). The first kappa shape index (κ1) is 15.7. The summed E-state index contributed by atoms with van der Waals surface area (Å²) in [6.07, 6.45) is -4.09. The first-order valence-corrected chi connectivity index (χ1v) is 6.72. The summed E-state index contributed by atoms with van der Waals surface area (Å²) >= 11 is 0. The van der Waals surface area contributed by atoms with Crippen molar-refractivity contribution in [3.05, 3.63) is 52.7 Å². The molecule has 1 amide bonds. The number of anilines is 1. The van der Waals surface area contributed by atoms with Crippen LogP contribution in [0, 0.1) is 0 Å². The van der Waals surface area contributed by atoms with Crippen molar-refractivity contribution in [2.75, 3.05) is 5.32 Å². The van der Waals surface area contributed by atoms with Gasteiger partial charge in [0.25, 0.3) is 0 Å². The molecule has 0 atom stereocenters. The smallest absolute Gasteiger partial charge is 0.301 e. The summed E-state index contributed by atoms with van der Waals surface area (Å²) in [5, 5.41) is 1.63. The second-order valence-corrected chi connectivity index (χ2v) is 4.87. The average Bonchev–Trinajstić information content (AvgIpc) is 2.85. The Labute approximate surface area is 132 Å². The Morgan fingerprint density at radius 3 is 2.58 bits per heavy atom. The number of benzene rings is 1. The molecule has 124 valence electrons. The number of aromatic nitrogens is 4. The molecule has 10 heteroatoms. The molecule has 0 fully saturated rings. The fraction of sp³-hybridized carbons (Fsp3) is 0.143. The molecule has 0 aliphatic carbocycles. The summed E-state index contributed by atoms with van der Waals surface area (Å²) in [5.41, 5.74) is 0.254. The Balaban J connectivity index is 2.02. The largest absolute Gasteiger partial charge is 0.471 e. The summed E-state index contributed by atoms with van der Waals surface area (Å²) in [6, 6.07) is 8.98. The lowest BCUT2D eigenvalue weighted by molar-refractivity contribution is -0.167. The maximum atomic E-state index is 12.4. The van der Waals surface area contributed by atoms with Crippen molar-refractivity contribution >= 4 is 22.9 Å². The number of amides is 1. The number of hydrogen-bond acceptors (Lipinski definition) is 4. The van der Waals surface area contributed by atoms with Crippen LogP contribution in [-0.2, 0) is 11.3 Å². The van der Waals surface area contributed by atoms with E-state index in [2.05, 4.69) is 15.0 Å². The molecule has 2 N–H and O–H groups in total. The standard InChI is InChI=1S/C14H10F3N5O2/c15-14(16,17)12(23)21-10-9-11(19-7-18-10)22(13(24)20-9)6-8-4-2-1-3-5-8/h1-5,7H,6H2,(H,20,24)(H,18,19,21,23). The molecule has 0 bridgehead atoms. The topological polar surface area (TPSA) is 92.7 Å². The van der Waals surface area contributed by atoms with Crippen LogP contribution >= 0.6 is 0 Å². The number of nitrogens with zero attached hydrogens (tertiary/aromatic N) is 3. The molecule has 7 nitrogen and oxygen atoms in total. The highest BCUT2D eigenvalue weighted by Gasteiger charge is 2.39. The van der Waals surface area contributed by atoms with Gasteiger partial charge in [-0.1, -0.05) is 30.3 Å². The zero-order valence-corrected chi connectivity index (χ0v) is 12.0. The first-order valence-electron chi connectivity index (χ1n) is 6.72. The van der Waals surface area contributed by atoms with Gasteiger partial charge in [-0.05, 0) is 5.56 Å². The van der Waals surface area contributed by atoms with Crippen LogP contribution in [0.3, 0.4) is 0 Å². The Bertz CT molecular complexity index is 946. The van der Waals surface area contributed by atoms with Gasteiger partial charge in [-0.2, -0.15) is 13.2 Å². The molecule has 0 saturated carbocycles. The van der Waals surface area contributed by atoms with Gasteiger partial charge in [-0.25, -0.2) is 14.8 Å². The molecule has 0 saturated heterocycles. The maximum Gasteiger partial charge on any atom is 0.471 e. The van der Waals surface area contributed by atoms with E-state index in [1.807, 2.05) is 6.07 Å². The number of halogens is 3. The third-order valence-electron chi connectivity index (χ3n) is 3.23. The number of hydrogen-bond donors (Lipinski definition) is 2. The molecule has 2 heterocycles. The van der Waals surface area contributed by atoms with E-state index in [4.69, 9.17) is 0 Å². The zero-order valence-electron chi connectivity index (χ0n) is 12.0. The lowest BCUT2D eigenvalue weighted by Crippen LogP contribution is -2.30. The Hall–Kier alpha value is -3.17. The number of rotatable bonds is 3. The maximum absolute atomic E-state index is 12.4. The average molecular weight is 337 g/mol. The first-order chi connectivity index (χ1) is 11.4. The Morgan fingerprint density at radius 2 is 1.92 bits per heavy atom. The van der Waals surface area contributed by atoms with Crippen LogP contribution in [0.1, 0.15) is 5.56 Å². The van der Waals surface area contributed by atoms with Crippen LogP contribution in [0.5, 0.6) is 0 Å². The van der Waals surface area contributed by atoms with Crippen LogP contribution in [-0.4, -0.2) is 31.6 Å². The second kappa shape index (κ2) is 5.80.